The molecule has 0 saturated heterocycles. The summed E-state index contributed by atoms with van der Waals surface area (Å²) in [4.78, 5) is 6.65. The lowest BCUT2D eigenvalue weighted by molar-refractivity contribution is 0.585. The third kappa shape index (κ3) is 3.55. The molecular weight excluding hydrogens is 254 g/mol. The van der Waals surface area contributed by atoms with Crippen molar-refractivity contribution in [2.24, 2.45) is 0 Å². The van der Waals surface area contributed by atoms with Gasteiger partial charge in [-0.2, -0.15) is 0 Å². The molecule has 0 spiro atoms. The molecule has 0 saturated carbocycles. The highest BCUT2D eigenvalue weighted by Gasteiger charge is 2.12. The normalized spacial score (nSPS) is 12.4. The summed E-state index contributed by atoms with van der Waals surface area (Å²) in [7, 11) is 6.12. The second-order valence-electron chi connectivity index (χ2n) is 4.89. The van der Waals surface area contributed by atoms with E-state index < -0.39 is 0 Å². The molecule has 1 heterocycles. The lowest BCUT2D eigenvalue weighted by Crippen LogP contribution is -2.19. The Morgan fingerprint density at radius 3 is 2.42 bits per heavy atom. The van der Waals surface area contributed by atoms with Gasteiger partial charge in [0.1, 0.15) is 0 Å². The number of rotatable bonds is 5. The fourth-order valence-electron chi connectivity index (χ4n) is 2.10. The lowest BCUT2D eigenvalue weighted by atomic mass is 10.0. The fourth-order valence-corrected chi connectivity index (χ4v) is 2.73. The summed E-state index contributed by atoms with van der Waals surface area (Å²) in [5.41, 5.74) is 3.69. The zero-order valence-corrected chi connectivity index (χ0v) is 12.8. The Morgan fingerprint density at radius 2 is 1.95 bits per heavy atom. The summed E-state index contributed by atoms with van der Waals surface area (Å²) in [5, 5.41) is 6.65. The van der Waals surface area contributed by atoms with Gasteiger partial charge in [-0.1, -0.05) is 12.1 Å². The minimum atomic E-state index is 0.317. The topological polar surface area (TPSA) is 28.2 Å². The van der Waals surface area contributed by atoms with Crippen LogP contribution in [0.5, 0.6) is 0 Å². The minimum Gasteiger partial charge on any atom is -0.378 e. The zero-order chi connectivity index (χ0) is 13.8. The maximum atomic E-state index is 4.54. The molecule has 0 bridgehead atoms. The molecule has 3 nitrogen and oxygen atoms in total. The van der Waals surface area contributed by atoms with Gasteiger partial charge in [0.05, 0.1) is 10.7 Å². The third-order valence-corrected chi connectivity index (χ3v) is 4.06. The van der Waals surface area contributed by atoms with Crippen LogP contribution in [0.1, 0.15) is 22.3 Å². The summed E-state index contributed by atoms with van der Waals surface area (Å²) in [6, 6.07) is 9.02. The largest absolute Gasteiger partial charge is 0.378 e. The second kappa shape index (κ2) is 6.17. The van der Waals surface area contributed by atoms with E-state index in [-0.39, 0.29) is 0 Å². The van der Waals surface area contributed by atoms with Crippen molar-refractivity contribution in [3.8, 4) is 0 Å². The molecule has 102 valence electrons. The van der Waals surface area contributed by atoms with Gasteiger partial charge in [-0.25, -0.2) is 4.98 Å². The van der Waals surface area contributed by atoms with Gasteiger partial charge in [-0.15, -0.1) is 11.3 Å². The van der Waals surface area contributed by atoms with Crippen LogP contribution in [0, 0.1) is 6.92 Å². The number of hydrogen-bond acceptors (Lipinski definition) is 4. The standard InChI is InChI=1S/C15H21N3S/c1-11-17-13(10-19-11)9-15(16-2)12-5-7-14(8-6-12)18(3)4/h5-8,10,15-16H,9H2,1-4H3. The van der Waals surface area contributed by atoms with Crippen molar-refractivity contribution in [3.63, 3.8) is 0 Å². The number of nitrogens with one attached hydrogen (secondary N) is 1. The zero-order valence-electron chi connectivity index (χ0n) is 12.0. The van der Waals surface area contributed by atoms with Crippen molar-refractivity contribution in [1.29, 1.82) is 0 Å². The Hall–Kier alpha value is -1.39. The van der Waals surface area contributed by atoms with Crippen LogP contribution in [0.2, 0.25) is 0 Å². The minimum absolute atomic E-state index is 0.317. The molecule has 1 aromatic carbocycles. The molecule has 19 heavy (non-hydrogen) atoms. The van der Waals surface area contributed by atoms with E-state index in [1.54, 1.807) is 11.3 Å². The van der Waals surface area contributed by atoms with Gasteiger partial charge >= 0.3 is 0 Å². The van der Waals surface area contributed by atoms with Crippen LogP contribution in [0.4, 0.5) is 5.69 Å². The molecule has 1 aromatic heterocycles. The first-order valence-corrected chi connectivity index (χ1v) is 7.33. The molecule has 0 aliphatic carbocycles. The summed E-state index contributed by atoms with van der Waals surface area (Å²) >= 11 is 1.71. The van der Waals surface area contributed by atoms with Crippen LogP contribution < -0.4 is 10.2 Å². The third-order valence-electron chi connectivity index (χ3n) is 3.24. The number of likely N-dealkylation sites (N-methyl/N-ethyl adjacent to an activating group) is 1. The van der Waals surface area contributed by atoms with Gasteiger partial charge < -0.3 is 10.2 Å². The highest BCUT2D eigenvalue weighted by Crippen LogP contribution is 2.21. The lowest BCUT2D eigenvalue weighted by Gasteiger charge is -2.18. The molecule has 2 aromatic rings. The van der Waals surface area contributed by atoms with Crippen molar-refractivity contribution < 1.29 is 0 Å². The Kier molecular flexibility index (Phi) is 4.56. The van der Waals surface area contributed by atoms with E-state index in [4.69, 9.17) is 0 Å². The van der Waals surface area contributed by atoms with E-state index >= 15 is 0 Å². The first-order valence-electron chi connectivity index (χ1n) is 6.45. The van der Waals surface area contributed by atoms with E-state index in [0.717, 1.165) is 11.4 Å². The first kappa shape index (κ1) is 14.0. The van der Waals surface area contributed by atoms with E-state index in [1.807, 2.05) is 7.05 Å². The predicted octanol–water partition coefficient (Wildman–Crippen LogP) is 3.02. The molecule has 0 amide bonds. The molecule has 1 unspecified atom stereocenters. The molecule has 1 atom stereocenters. The van der Waals surface area contributed by atoms with E-state index in [1.165, 1.54) is 16.9 Å². The van der Waals surface area contributed by atoms with Crippen molar-refractivity contribution >= 4 is 17.0 Å². The number of benzene rings is 1. The maximum Gasteiger partial charge on any atom is 0.0897 e. The number of anilines is 1. The second-order valence-corrected chi connectivity index (χ2v) is 5.95. The number of thiazole rings is 1. The number of aromatic nitrogens is 1. The van der Waals surface area contributed by atoms with Crippen molar-refractivity contribution in [2.45, 2.75) is 19.4 Å². The highest BCUT2D eigenvalue weighted by atomic mass is 32.1. The molecular formula is C15H21N3S. The highest BCUT2D eigenvalue weighted by molar-refractivity contribution is 7.09. The SMILES string of the molecule is CNC(Cc1csc(C)n1)c1ccc(N(C)C)cc1. The van der Waals surface area contributed by atoms with Crippen LogP contribution in [0.3, 0.4) is 0 Å². The van der Waals surface area contributed by atoms with Crippen molar-refractivity contribution in [3.05, 3.63) is 45.9 Å². The quantitative estimate of drug-likeness (QED) is 0.909. The predicted molar refractivity (Wildman–Crippen MR) is 83.1 cm³/mol. The van der Waals surface area contributed by atoms with Crippen molar-refractivity contribution in [1.82, 2.24) is 10.3 Å². The monoisotopic (exact) mass is 275 g/mol. The summed E-state index contributed by atoms with van der Waals surface area (Å²) < 4.78 is 0. The Balaban J connectivity index is 2.12. The van der Waals surface area contributed by atoms with E-state index in [2.05, 4.69) is 65.9 Å². The van der Waals surface area contributed by atoms with Crippen LogP contribution >= 0.6 is 11.3 Å². The van der Waals surface area contributed by atoms with E-state index in [9.17, 15) is 0 Å². The van der Waals surface area contributed by atoms with Crippen LogP contribution in [-0.2, 0) is 6.42 Å². The summed E-state index contributed by atoms with van der Waals surface area (Å²) in [6.07, 6.45) is 0.933. The molecule has 0 aliphatic rings. The first-order chi connectivity index (χ1) is 9.10. The molecule has 2 rings (SSSR count). The number of nitrogens with zero attached hydrogens (tertiary/aromatic N) is 2. The van der Waals surface area contributed by atoms with Gasteiger partial charge in [-0.3, -0.25) is 0 Å². The van der Waals surface area contributed by atoms with Crippen LogP contribution in [0.15, 0.2) is 29.6 Å². The number of aryl methyl sites for hydroxylation is 1. The Bertz CT molecular complexity index is 516. The smallest absolute Gasteiger partial charge is 0.0897 e. The van der Waals surface area contributed by atoms with Gasteiger partial charge in [0.25, 0.3) is 0 Å². The van der Waals surface area contributed by atoms with Gasteiger partial charge in [0, 0.05) is 37.6 Å². The molecule has 4 heteroatoms. The maximum absolute atomic E-state index is 4.54. The average Bonchev–Trinajstić information content (AvgIpc) is 2.81. The van der Waals surface area contributed by atoms with Gasteiger partial charge in [-0.05, 0) is 31.7 Å². The van der Waals surface area contributed by atoms with Gasteiger partial charge in [0.2, 0.25) is 0 Å². The van der Waals surface area contributed by atoms with Crippen LogP contribution in [-0.4, -0.2) is 26.1 Å². The summed E-state index contributed by atoms with van der Waals surface area (Å²) in [6.45, 7) is 2.05. The average molecular weight is 275 g/mol. The van der Waals surface area contributed by atoms with Gasteiger partial charge in [0.15, 0.2) is 0 Å². The summed E-state index contributed by atoms with van der Waals surface area (Å²) in [5.74, 6) is 0. The van der Waals surface area contributed by atoms with Crippen molar-refractivity contribution in [2.75, 3.05) is 26.0 Å². The van der Waals surface area contributed by atoms with E-state index in [0.29, 0.717) is 6.04 Å². The molecule has 1 N–H and O–H groups in total. The molecule has 0 radical (unpaired) electrons. The van der Waals surface area contributed by atoms with Crippen LogP contribution in [0.25, 0.3) is 0 Å². The number of hydrogen-bond donors (Lipinski definition) is 1. The molecule has 0 aliphatic heterocycles. The Morgan fingerprint density at radius 1 is 1.26 bits per heavy atom. The fraction of sp³-hybridized carbons (Fsp3) is 0.400. The molecule has 0 fully saturated rings. The Labute approximate surface area is 119 Å².